The Kier molecular flexibility index (Phi) is 5.31. The first-order valence-electron chi connectivity index (χ1n) is 10.4. The zero-order valence-corrected chi connectivity index (χ0v) is 16.6. The summed E-state index contributed by atoms with van der Waals surface area (Å²) >= 11 is 0. The monoisotopic (exact) mass is 393 g/mol. The lowest BCUT2D eigenvalue weighted by atomic mass is 9.79. The molecular weight excluding hydrogens is 364 g/mol. The highest BCUT2D eigenvalue weighted by atomic mass is 19.2. The standard InChI is InChI=1S/C21H29F2N3O2/c1-3-28-15-4-8-21(2,9-5-15)25-10-6-14(7-11-25)26-19-13-17(23)16(22)12-18(19)24-20(26)27/h12-15H,3-11H2,1-2H3,(H,24,27)/t15-,21-. The van der Waals surface area contributed by atoms with Gasteiger partial charge in [-0.1, -0.05) is 0 Å². The van der Waals surface area contributed by atoms with Crippen LogP contribution in [0.3, 0.4) is 0 Å². The molecule has 2 aliphatic rings. The van der Waals surface area contributed by atoms with Crippen LogP contribution in [-0.4, -0.2) is 45.8 Å². The number of nitrogens with one attached hydrogen (secondary N) is 1. The van der Waals surface area contributed by atoms with Gasteiger partial charge in [-0.3, -0.25) is 9.47 Å². The Morgan fingerprint density at radius 3 is 2.43 bits per heavy atom. The van der Waals surface area contributed by atoms with Crippen LogP contribution in [0.2, 0.25) is 0 Å². The zero-order valence-electron chi connectivity index (χ0n) is 16.6. The third-order valence-corrected chi connectivity index (χ3v) is 6.76. The van der Waals surface area contributed by atoms with Gasteiger partial charge < -0.3 is 9.72 Å². The third-order valence-electron chi connectivity index (χ3n) is 6.76. The molecule has 2 aromatic rings. The second-order valence-electron chi connectivity index (χ2n) is 8.45. The molecule has 1 aromatic heterocycles. The summed E-state index contributed by atoms with van der Waals surface area (Å²) in [5, 5.41) is 0. The molecule has 2 heterocycles. The molecule has 0 radical (unpaired) electrons. The number of nitrogens with zero attached hydrogens (tertiary/aromatic N) is 2. The summed E-state index contributed by atoms with van der Waals surface area (Å²) in [5.41, 5.74) is 0.694. The highest BCUT2D eigenvalue weighted by Gasteiger charge is 2.38. The molecule has 154 valence electrons. The van der Waals surface area contributed by atoms with Crippen LogP contribution in [0.5, 0.6) is 0 Å². The topological polar surface area (TPSA) is 50.3 Å². The van der Waals surface area contributed by atoms with Crippen LogP contribution in [0.15, 0.2) is 16.9 Å². The van der Waals surface area contributed by atoms with Crippen molar-refractivity contribution in [3.05, 3.63) is 34.3 Å². The Labute approximate surface area is 163 Å². The Hall–Kier alpha value is -1.73. The first-order valence-corrected chi connectivity index (χ1v) is 10.4. The zero-order chi connectivity index (χ0) is 19.9. The third kappa shape index (κ3) is 3.50. The second kappa shape index (κ2) is 7.59. The minimum atomic E-state index is -0.939. The predicted octanol–water partition coefficient (Wildman–Crippen LogP) is 3.98. The van der Waals surface area contributed by atoms with Gasteiger partial charge in [-0.2, -0.15) is 0 Å². The maximum Gasteiger partial charge on any atom is 0.326 e. The van der Waals surface area contributed by atoms with Crippen molar-refractivity contribution in [3.63, 3.8) is 0 Å². The van der Waals surface area contributed by atoms with Crippen molar-refractivity contribution in [1.29, 1.82) is 0 Å². The number of piperidine rings is 1. The number of hydrogen-bond donors (Lipinski definition) is 1. The van der Waals surface area contributed by atoms with E-state index >= 15 is 0 Å². The lowest BCUT2D eigenvalue weighted by Gasteiger charge is -2.48. The number of rotatable bonds is 4. The van der Waals surface area contributed by atoms with Crippen LogP contribution in [0.25, 0.3) is 11.0 Å². The molecule has 1 aliphatic heterocycles. The van der Waals surface area contributed by atoms with Crippen molar-refractivity contribution in [2.75, 3.05) is 19.7 Å². The number of benzene rings is 1. The van der Waals surface area contributed by atoms with Gasteiger partial charge in [-0.25, -0.2) is 13.6 Å². The normalized spacial score (nSPS) is 27.5. The summed E-state index contributed by atoms with van der Waals surface area (Å²) in [7, 11) is 0. The number of H-pyrrole nitrogens is 1. The SMILES string of the molecule is CCO[C@H]1CC[C@](C)(N2CCC(n3c(=O)[nH]c4cc(F)c(F)cc43)CC2)CC1. The Morgan fingerprint density at radius 1 is 1.14 bits per heavy atom. The van der Waals surface area contributed by atoms with Crippen LogP contribution in [0.1, 0.15) is 58.4 Å². The van der Waals surface area contributed by atoms with Gasteiger partial charge >= 0.3 is 5.69 Å². The number of ether oxygens (including phenoxy) is 1. The molecule has 0 bridgehead atoms. The first kappa shape index (κ1) is 19.6. The average Bonchev–Trinajstić information content (AvgIpc) is 2.99. The van der Waals surface area contributed by atoms with Crippen LogP contribution in [0.4, 0.5) is 8.78 Å². The van der Waals surface area contributed by atoms with Gasteiger partial charge in [0.25, 0.3) is 0 Å². The van der Waals surface area contributed by atoms with E-state index in [1.165, 1.54) is 0 Å². The molecule has 1 aliphatic carbocycles. The molecule has 0 spiro atoms. The summed E-state index contributed by atoms with van der Waals surface area (Å²) in [6, 6.07) is 2.20. The quantitative estimate of drug-likeness (QED) is 0.855. The summed E-state index contributed by atoms with van der Waals surface area (Å²) in [5.74, 6) is -1.86. The first-order chi connectivity index (χ1) is 13.4. The molecule has 4 rings (SSSR count). The minimum Gasteiger partial charge on any atom is -0.379 e. The van der Waals surface area contributed by atoms with Gasteiger partial charge in [-0.05, 0) is 52.4 Å². The fourth-order valence-corrected chi connectivity index (χ4v) is 5.08. The molecule has 1 saturated heterocycles. The van der Waals surface area contributed by atoms with Crippen molar-refractivity contribution < 1.29 is 13.5 Å². The number of likely N-dealkylation sites (tertiary alicyclic amines) is 1. The fourth-order valence-electron chi connectivity index (χ4n) is 5.08. The number of fused-ring (bicyclic) bond motifs is 1. The van der Waals surface area contributed by atoms with E-state index in [-0.39, 0.29) is 17.3 Å². The molecule has 5 nitrogen and oxygen atoms in total. The van der Waals surface area contributed by atoms with E-state index < -0.39 is 11.6 Å². The van der Waals surface area contributed by atoms with Crippen LogP contribution >= 0.6 is 0 Å². The molecule has 28 heavy (non-hydrogen) atoms. The van der Waals surface area contributed by atoms with Gasteiger partial charge in [0.2, 0.25) is 0 Å². The van der Waals surface area contributed by atoms with E-state index in [4.69, 9.17) is 4.74 Å². The van der Waals surface area contributed by atoms with Crippen LogP contribution in [0, 0.1) is 11.6 Å². The lowest BCUT2D eigenvalue weighted by molar-refractivity contribution is -0.0273. The summed E-state index contributed by atoms with van der Waals surface area (Å²) in [4.78, 5) is 17.7. The Morgan fingerprint density at radius 2 is 1.79 bits per heavy atom. The van der Waals surface area contributed by atoms with Gasteiger partial charge in [-0.15, -0.1) is 0 Å². The number of imidazole rings is 1. The van der Waals surface area contributed by atoms with Crippen molar-refractivity contribution in [2.45, 2.75) is 70.1 Å². The Balaban J connectivity index is 1.46. The summed E-state index contributed by atoms with van der Waals surface area (Å²) < 4.78 is 34.6. The highest BCUT2D eigenvalue weighted by molar-refractivity contribution is 5.75. The molecule has 0 atom stereocenters. The molecular formula is C21H29F2N3O2. The minimum absolute atomic E-state index is 0.00530. The second-order valence-corrected chi connectivity index (χ2v) is 8.45. The van der Waals surface area contributed by atoms with Gasteiger partial charge in [0.05, 0.1) is 17.1 Å². The van der Waals surface area contributed by atoms with E-state index in [2.05, 4.69) is 16.8 Å². The average molecular weight is 393 g/mol. The van der Waals surface area contributed by atoms with Crippen molar-refractivity contribution in [3.8, 4) is 0 Å². The molecule has 0 amide bonds. The van der Waals surface area contributed by atoms with Gasteiger partial charge in [0.15, 0.2) is 11.6 Å². The smallest absolute Gasteiger partial charge is 0.326 e. The van der Waals surface area contributed by atoms with E-state index in [1.54, 1.807) is 4.57 Å². The number of hydrogen-bond acceptors (Lipinski definition) is 3. The predicted molar refractivity (Wildman–Crippen MR) is 105 cm³/mol. The molecule has 0 unspecified atom stereocenters. The molecule has 2 fully saturated rings. The van der Waals surface area contributed by atoms with Crippen LogP contribution in [-0.2, 0) is 4.74 Å². The van der Waals surface area contributed by atoms with E-state index in [0.717, 1.165) is 70.4 Å². The molecule has 1 saturated carbocycles. The summed E-state index contributed by atoms with van der Waals surface area (Å²) in [6.07, 6.45) is 6.48. The van der Waals surface area contributed by atoms with Gasteiger partial charge in [0, 0.05) is 43.4 Å². The number of aromatic amines is 1. The van der Waals surface area contributed by atoms with Crippen LogP contribution < -0.4 is 5.69 Å². The Bertz CT molecular complexity index is 891. The lowest BCUT2D eigenvalue weighted by Crippen LogP contribution is -2.53. The van der Waals surface area contributed by atoms with E-state index in [0.29, 0.717) is 17.1 Å². The number of aromatic nitrogens is 2. The molecule has 7 heteroatoms. The van der Waals surface area contributed by atoms with Crippen molar-refractivity contribution in [1.82, 2.24) is 14.5 Å². The largest absolute Gasteiger partial charge is 0.379 e. The maximum atomic E-state index is 13.7. The maximum absolute atomic E-state index is 13.7. The fraction of sp³-hybridized carbons (Fsp3) is 0.667. The molecule has 1 N–H and O–H groups in total. The van der Waals surface area contributed by atoms with Crippen molar-refractivity contribution >= 4 is 11.0 Å². The van der Waals surface area contributed by atoms with E-state index in [1.807, 2.05) is 6.92 Å². The highest BCUT2D eigenvalue weighted by Crippen LogP contribution is 2.38. The van der Waals surface area contributed by atoms with Gasteiger partial charge in [0.1, 0.15) is 0 Å². The molecule has 1 aromatic carbocycles. The summed E-state index contributed by atoms with van der Waals surface area (Å²) in [6.45, 7) is 6.97. The van der Waals surface area contributed by atoms with Crippen molar-refractivity contribution in [2.24, 2.45) is 0 Å². The van der Waals surface area contributed by atoms with E-state index in [9.17, 15) is 13.6 Å². The number of halogens is 2.